The average molecular weight is 467 g/mol. The van der Waals surface area contributed by atoms with Crippen LogP contribution in [0.15, 0.2) is 60.7 Å². The Morgan fingerprint density at radius 2 is 1.65 bits per heavy atom. The van der Waals surface area contributed by atoms with Crippen molar-refractivity contribution in [2.45, 2.75) is 64.3 Å². The predicted molar refractivity (Wildman–Crippen MR) is 129 cm³/mol. The minimum atomic E-state index is -0.646. The highest BCUT2D eigenvalue weighted by Gasteiger charge is 2.38. The van der Waals surface area contributed by atoms with Crippen molar-refractivity contribution in [2.75, 3.05) is 13.2 Å². The molecule has 7 nitrogen and oxygen atoms in total. The first-order valence-electron chi connectivity index (χ1n) is 12.0. The van der Waals surface area contributed by atoms with E-state index >= 15 is 0 Å². The molecule has 182 valence electrons. The quantitative estimate of drug-likeness (QED) is 0.512. The van der Waals surface area contributed by atoms with Crippen molar-refractivity contribution in [2.24, 2.45) is 0 Å². The fourth-order valence-corrected chi connectivity index (χ4v) is 4.19. The second kappa shape index (κ2) is 12.9. The molecular formula is C27H34N2O5. The maximum atomic E-state index is 13.2. The van der Waals surface area contributed by atoms with E-state index in [1.54, 1.807) is 18.7 Å². The van der Waals surface area contributed by atoms with Crippen LogP contribution in [0.5, 0.6) is 0 Å². The minimum Gasteiger partial charge on any atom is -0.465 e. The Labute approximate surface area is 201 Å². The molecule has 1 saturated heterocycles. The first-order valence-corrected chi connectivity index (χ1v) is 12.0. The zero-order chi connectivity index (χ0) is 24.3. The molecule has 1 amide bonds. The Kier molecular flexibility index (Phi) is 9.64. The number of carbonyl (C=O) groups excluding carboxylic acids is 3. The molecule has 0 radical (unpaired) electrons. The van der Waals surface area contributed by atoms with Crippen LogP contribution in [0.25, 0.3) is 0 Å². The second-order valence-electron chi connectivity index (χ2n) is 8.50. The molecule has 2 aromatic rings. The van der Waals surface area contributed by atoms with Crippen LogP contribution in [-0.4, -0.2) is 54.0 Å². The van der Waals surface area contributed by atoms with Gasteiger partial charge in [-0.1, -0.05) is 60.7 Å². The van der Waals surface area contributed by atoms with Crippen molar-refractivity contribution >= 4 is 17.8 Å². The first kappa shape index (κ1) is 25.4. The molecule has 1 N–H and O–H groups in total. The number of benzene rings is 2. The molecule has 0 saturated carbocycles. The van der Waals surface area contributed by atoms with Gasteiger partial charge < -0.3 is 14.4 Å². The van der Waals surface area contributed by atoms with Gasteiger partial charge in [-0.3, -0.25) is 14.9 Å². The molecule has 0 unspecified atom stereocenters. The summed E-state index contributed by atoms with van der Waals surface area (Å²) in [5.74, 6) is -0.987. The summed E-state index contributed by atoms with van der Waals surface area (Å²) >= 11 is 0. The van der Waals surface area contributed by atoms with Gasteiger partial charge in [0.1, 0.15) is 18.7 Å². The Morgan fingerprint density at radius 1 is 1.00 bits per heavy atom. The van der Waals surface area contributed by atoms with Crippen molar-refractivity contribution in [3.05, 3.63) is 71.8 Å². The summed E-state index contributed by atoms with van der Waals surface area (Å²) in [7, 11) is 0. The summed E-state index contributed by atoms with van der Waals surface area (Å²) in [5, 5.41) is 3.15. The standard InChI is InChI=1S/C27H34N2O5/c1-3-33-26(31)23(17-16-21-11-6-4-7-12-21)28-20(2)25(30)29-18-10-15-24(29)27(32)34-19-22-13-8-5-9-14-22/h4-9,11-14,20,23-24,28H,3,10,15-19H2,1-2H3/t20-,23-,24-/m0/s1. The number of esters is 2. The molecule has 1 fully saturated rings. The Balaban J connectivity index is 1.59. The van der Waals surface area contributed by atoms with Gasteiger partial charge in [-0.15, -0.1) is 0 Å². The molecule has 1 heterocycles. The van der Waals surface area contributed by atoms with E-state index in [1.165, 1.54) is 0 Å². The lowest BCUT2D eigenvalue weighted by molar-refractivity contribution is -0.155. The fourth-order valence-electron chi connectivity index (χ4n) is 4.19. The maximum absolute atomic E-state index is 13.2. The van der Waals surface area contributed by atoms with Crippen LogP contribution in [0.1, 0.15) is 44.2 Å². The van der Waals surface area contributed by atoms with E-state index in [0.717, 1.165) is 17.5 Å². The Hall–Kier alpha value is -3.19. The minimum absolute atomic E-state index is 0.177. The summed E-state index contributed by atoms with van der Waals surface area (Å²) in [6.07, 6.45) is 2.49. The molecule has 2 aromatic carbocycles. The number of carbonyl (C=O) groups is 3. The normalized spacial score (nSPS) is 17.1. The lowest BCUT2D eigenvalue weighted by atomic mass is 10.0. The molecule has 0 bridgehead atoms. The van der Waals surface area contributed by atoms with Gasteiger partial charge in [0.25, 0.3) is 0 Å². The molecule has 1 aliphatic rings. The number of hydrogen-bond acceptors (Lipinski definition) is 6. The van der Waals surface area contributed by atoms with Crippen LogP contribution in [0.3, 0.4) is 0 Å². The van der Waals surface area contributed by atoms with E-state index < -0.39 is 24.1 Å². The molecule has 1 aliphatic heterocycles. The van der Waals surface area contributed by atoms with Crippen LogP contribution in [0, 0.1) is 0 Å². The van der Waals surface area contributed by atoms with E-state index in [0.29, 0.717) is 25.8 Å². The smallest absolute Gasteiger partial charge is 0.329 e. The van der Waals surface area contributed by atoms with E-state index in [-0.39, 0.29) is 25.1 Å². The van der Waals surface area contributed by atoms with Gasteiger partial charge in [-0.25, -0.2) is 4.79 Å². The summed E-state index contributed by atoms with van der Waals surface area (Å²) in [6, 6.07) is 17.5. The van der Waals surface area contributed by atoms with Crippen molar-refractivity contribution < 1.29 is 23.9 Å². The zero-order valence-corrected chi connectivity index (χ0v) is 19.9. The van der Waals surface area contributed by atoms with Crippen LogP contribution in [0.2, 0.25) is 0 Å². The lowest BCUT2D eigenvalue weighted by Crippen LogP contribution is -2.53. The third kappa shape index (κ3) is 7.15. The maximum Gasteiger partial charge on any atom is 0.329 e. The van der Waals surface area contributed by atoms with Crippen LogP contribution in [-0.2, 0) is 36.9 Å². The fraction of sp³-hybridized carbons (Fsp3) is 0.444. The van der Waals surface area contributed by atoms with Crippen molar-refractivity contribution in [3.63, 3.8) is 0 Å². The van der Waals surface area contributed by atoms with E-state index in [9.17, 15) is 14.4 Å². The van der Waals surface area contributed by atoms with Crippen LogP contribution in [0.4, 0.5) is 0 Å². The van der Waals surface area contributed by atoms with Crippen LogP contribution < -0.4 is 5.32 Å². The molecular weight excluding hydrogens is 432 g/mol. The van der Waals surface area contributed by atoms with Crippen LogP contribution >= 0.6 is 0 Å². The van der Waals surface area contributed by atoms with Gasteiger partial charge in [0.05, 0.1) is 12.6 Å². The van der Waals surface area contributed by atoms with E-state index in [4.69, 9.17) is 9.47 Å². The topological polar surface area (TPSA) is 84.9 Å². The second-order valence-corrected chi connectivity index (χ2v) is 8.50. The Bertz CT molecular complexity index is 935. The number of aryl methyl sites for hydroxylation is 1. The van der Waals surface area contributed by atoms with Gasteiger partial charge in [-0.2, -0.15) is 0 Å². The number of likely N-dealkylation sites (tertiary alicyclic amines) is 1. The lowest BCUT2D eigenvalue weighted by Gasteiger charge is -2.28. The molecule has 34 heavy (non-hydrogen) atoms. The summed E-state index contributed by atoms with van der Waals surface area (Å²) in [4.78, 5) is 40.1. The summed E-state index contributed by atoms with van der Waals surface area (Å²) in [6.45, 7) is 4.42. The summed E-state index contributed by atoms with van der Waals surface area (Å²) in [5.41, 5.74) is 2.01. The number of amides is 1. The molecule has 0 aromatic heterocycles. The van der Waals surface area contributed by atoms with Crippen molar-refractivity contribution in [3.8, 4) is 0 Å². The zero-order valence-electron chi connectivity index (χ0n) is 19.9. The van der Waals surface area contributed by atoms with Gasteiger partial charge in [0.2, 0.25) is 5.91 Å². The summed E-state index contributed by atoms with van der Waals surface area (Å²) < 4.78 is 10.7. The van der Waals surface area contributed by atoms with Gasteiger partial charge >= 0.3 is 11.9 Å². The number of ether oxygens (including phenoxy) is 2. The van der Waals surface area contributed by atoms with E-state index in [1.807, 2.05) is 60.7 Å². The number of nitrogens with zero attached hydrogens (tertiary/aromatic N) is 1. The van der Waals surface area contributed by atoms with Crippen molar-refractivity contribution in [1.82, 2.24) is 10.2 Å². The predicted octanol–water partition coefficient (Wildman–Crippen LogP) is 3.26. The van der Waals surface area contributed by atoms with Gasteiger partial charge in [0, 0.05) is 6.54 Å². The average Bonchev–Trinajstić information content (AvgIpc) is 3.36. The molecule has 3 rings (SSSR count). The molecule has 3 atom stereocenters. The monoisotopic (exact) mass is 466 g/mol. The largest absolute Gasteiger partial charge is 0.465 e. The third-order valence-corrected chi connectivity index (χ3v) is 5.99. The van der Waals surface area contributed by atoms with Gasteiger partial charge in [-0.05, 0) is 50.7 Å². The first-order chi connectivity index (χ1) is 16.5. The Morgan fingerprint density at radius 3 is 2.29 bits per heavy atom. The number of rotatable bonds is 11. The van der Waals surface area contributed by atoms with Gasteiger partial charge in [0.15, 0.2) is 0 Å². The number of nitrogens with one attached hydrogen (secondary N) is 1. The highest BCUT2D eigenvalue weighted by molar-refractivity contribution is 5.88. The van der Waals surface area contributed by atoms with E-state index in [2.05, 4.69) is 5.32 Å². The molecule has 7 heteroatoms. The van der Waals surface area contributed by atoms with Crippen molar-refractivity contribution in [1.29, 1.82) is 0 Å². The molecule has 0 spiro atoms. The molecule has 0 aliphatic carbocycles. The third-order valence-electron chi connectivity index (χ3n) is 5.99. The number of hydrogen-bond donors (Lipinski definition) is 1. The highest BCUT2D eigenvalue weighted by Crippen LogP contribution is 2.20. The SMILES string of the molecule is CCOC(=O)[C@H](CCc1ccccc1)N[C@@H](C)C(=O)N1CCC[C@H]1C(=O)OCc1ccccc1. The highest BCUT2D eigenvalue weighted by atomic mass is 16.5.